The van der Waals surface area contributed by atoms with Crippen LogP contribution in [0.25, 0.3) is 0 Å². The first-order valence-corrected chi connectivity index (χ1v) is 4.60. The largest absolute Gasteiger partial charge is 0.478 e. The van der Waals surface area contributed by atoms with E-state index in [0.29, 0.717) is 18.6 Å². The Kier molecular flexibility index (Phi) is 10.4. The van der Waals surface area contributed by atoms with Gasteiger partial charge in [-0.15, -0.1) is 0 Å². The molecule has 0 amide bonds. The van der Waals surface area contributed by atoms with Gasteiger partial charge in [0.25, 0.3) is 0 Å². The fourth-order valence-electron chi connectivity index (χ4n) is 0.481. The molecule has 0 aromatic heterocycles. The van der Waals surface area contributed by atoms with Crippen molar-refractivity contribution in [1.82, 2.24) is 0 Å². The van der Waals surface area contributed by atoms with E-state index in [2.05, 4.69) is 6.58 Å². The van der Waals surface area contributed by atoms with Crippen molar-refractivity contribution in [3.05, 3.63) is 23.8 Å². The molecule has 0 unspecified atom stereocenters. The first-order chi connectivity index (χ1) is 7.32. The van der Waals surface area contributed by atoms with Gasteiger partial charge in [0, 0.05) is 24.9 Å². The van der Waals surface area contributed by atoms with Gasteiger partial charge in [-0.1, -0.05) is 12.7 Å². The molecule has 0 aromatic rings. The lowest BCUT2D eigenvalue weighted by Crippen LogP contribution is -1.96. The Morgan fingerprint density at radius 1 is 1.25 bits per heavy atom. The predicted molar refractivity (Wildman–Crippen MR) is 60.3 cm³/mol. The SMILES string of the molecule is C=C(C)C(=O)O.COCCC=C(C)C(=O)O. The van der Waals surface area contributed by atoms with Crippen LogP contribution in [0.3, 0.4) is 0 Å². The number of carbonyl (C=O) groups is 2. The molecule has 5 heteroatoms. The Balaban J connectivity index is 0. The summed E-state index contributed by atoms with van der Waals surface area (Å²) in [4.78, 5) is 19.8. The molecular weight excluding hydrogens is 212 g/mol. The Hall–Kier alpha value is -1.62. The summed E-state index contributed by atoms with van der Waals surface area (Å²) in [5.41, 5.74) is 0.548. The quantitative estimate of drug-likeness (QED) is 0.554. The predicted octanol–water partition coefficient (Wildman–Crippen LogP) is 1.70. The van der Waals surface area contributed by atoms with Crippen LogP contribution >= 0.6 is 0 Å². The second kappa shape index (κ2) is 9.92. The van der Waals surface area contributed by atoms with Crippen molar-refractivity contribution in [2.45, 2.75) is 20.3 Å². The number of aliphatic carboxylic acids is 2. The summed E-state index contributed by atoms with van der Waals surface area (Å²) in [5.74, 6) is -1.80. The average Bonchev–Trinajstić information content (AvgIpc) is 2.18. The van der Waals surface area contributed by atoms with Crippen LogP contribution in [0, 0.1) is 0 Å². The van der Waals surface area contributed by atoms with E-state index in [1.54, 1.807) is 20.1 Å². The summed E-state index contributed by atoms with van der Waals surface area (Å²) in [6, 6.07) is 0. The summed E-state index contributed by atoms with van der Waals surface area (Å²) in [6.07, 6.45) is 2.31. The number of methoxy groups -OCH3 is 1. The zero-order valence-electron chi connectivity index (χ0n) is 9.82. The Labute approximate surface area is 95.0 Å². The fourth-order valence-corrected chi connectivity index (χ4v) is 0.481. The van der Waals surface area contributed by atoms with Gasteiger partial charge in [-0.25, -0.2) is 9.59 Å². The molecule has 0 radical (unpaired) electrons. The Morgan fingerprint density at radius 2 is 1.69 bits per heavy atom. The number of carboxylic acid groups (broad SMARTS) is 2. The van der Waals surface area contributed by atoms with E-state index < -0.39 is 11.9 Å². The molecule has 0 saturated carbocycles. The standard InChI is InChI=1S/C7H12O3.C4H6O2/c1-6(7(8)9)4-3-5-10-2;1-3(2)4(5)6/h4H,3,5H2,1-2H3,(H,8,9);1H2,2H3,(H,5,6). The summed E-state index contributed by atoms with van der Waals surface area (Å²) in [5, 5.41) is 16.3. The first kappa shape index (κ1) is 16.8. The van der Waals surface area contributed by atoms with Crippen molar-refractivity contribution in [2.75, 3.05) is 13.7 Å². The summed E-state index contributed by atoms with van der Waals surface area (Å²) >= 11 is 0. The highest BCUT2D eigenvalue weighted by atomic mass is 16.5. The zero-order valence-corrected chi connectivity index (χ0v) is 9.82. The minimum absolute atomic E-state index is 0.176. The molecule has 0 saturated heterocycles. The number of hydrogen-bond acceptors (Lipinski definition) is 3. The number of carboxylic acids is 2. The molecule has 92 valence electrons. The Bertz CT molecular complexity index is 266. The molecule has 0 atom stereocenters. The smallest absolute Gasteiger partial charge is 0.330 e. The number of hydrogen-bond donors (Lipinski definition) is 2. The molecule has 0 aliphatic heterocycles. The molecule has 16 heavy (non-hydrogen) atoms. The maximum atomic E-state index is 10.2. The van der Waals surface area contributed by atoms with Gasteiger partial charge in [0.2, 0.25) is 0 Å². The van der Waals surface area contributed by atoms with Crippen LogP contribution in [0.15, 0.2) is 23.8 Å². The van der Waals surface area contributed by atoms with E-state index in [9.17, 15) is 9.59 Å². The van der Waals surface area contributed by atoms with Crippen molar-refractivity contribution in [3.8, 4) is 0 Å². The molecule has 0 spiro atoms. The van der Waals surface area contributed by atoms with Gasteiger partial charge in [0.15, 0.2) is 0 Å². The van der Waals surface area contributed by atoms with E-state index >= 15 is 0 Å². The molecule has 0 aromatic carbocycles. The van der Waals surface area contributed by atoms with Crippen molar-refractivity contribution < 1.29 is 24.5 Å². The van der Waals surface area contributed by atoms with Crippen LogP contribution in [0.2, 0.25) is 0 Å². The third-order valence-electron chi connectivity index (χ3n) is 1.47. The molecule has 2 N–H and O–H groups in total. The summed E-state index contributed by atoms with van der Waals surface area (Å²) < 4.78 is 4.73. The third-order valence-corrected chi connectivity index (χ3v) is 1.47. The van der Waals surface area contributed by atoms with Crippen LogP contribution in [-0.4, -0.2) is 35.9 Å². The van der Waals surface area contributed by atoms with E-state index in [0.717, 1.165) is 0 Å². The summed E-state index contributed by atoms with van der Waals surface area (Å²) in [7, 11) is 1.59. The molecule has 0 aliphatic carbocycles. The van der Waals surface area contributed by atoms with Crippen LogP contribution in [-0.2, 0) is 14.3 Å². The number of rotatable bonds is 5. The molecule has 0 bridgehead atoms. The van der Waals surface area contributed by atoms with Crippen molar-refractivity contribution in [3.63, 3.8) is 0 Å². The van der Waals surface area contributed by atoms with Crippen molar-refractivity contribution in [2.24, 2.45) is 0 Å². The Morgan fingerprint density at radius 3 is 1.94 bits per heavy atom. The van der Waals surface area contributed by atoms with Gasteiger partial charge in [-0.05, 0) is 20.3 Å². The van der Waals surface area contributed by atoms with Crippen molar-refractivity contribution >= 4 is 11.9 Å². The maximum Gasteiger partial charge on any atom is 0.330 e. The van der Waals surface area contributed by atoms with E-state index in [1.807, 2.05) is 0 Å². The molecular formula is C11H18O5. The average molecular weight is 230 g/mol. The zero-order chi connectivity index (χ0) is 13.1. The van der Waals surface area contributed by atoms with Crippen LogP contribution < -0.4 is 0 Å². The van der Waals surface area contributed by atoms with Gasteiger partial charge in [-0.3, -0.25) is 0 Å². The lowest BCUT2D eigenvalue weighted by Gasteiger charge is -1.93. The lowest BCUT2D eigenvalue weighted by atomic mass is 10.2. The fraction of sp³-hybridized carbons (Fsp3) is 0.455. The van der Waals surface area contributed by atoms with Crippen LogP contribution in [0.1, 0.15) is 20.3 Å². The molecule has 0 heterocycles. The van der Waals surface area contributed by atoms with Crippen LogP contribution in [0.5, 0.6) is 0 Å². The van der Waals surface area contributed by atoms with E-state index in [-0.39, 0.29) is 5.57 Å². The highest BCUT2D eigenvalue weighted by molar-refractivity contribution is 5.85. The highest BCUT2D eigenvalue weighted by Gasteiger charge is 1.96. The van der Waals surface area contributed by atoms with E-state index in [4.69, 9.17) is 14.9 Å². The molecule has 0 rings (SSSR count). The highest BCUT2D eigenvalue weighted by Crippen LogP contribution is 1.94. The van der Waals surface area contributed by atoms with Gasteiger partial charge in [-0.2, -0.15) is 0 Å². The topological polar surface area (TPSA) is 83.8 Å². The minimum Gasteiger partial charge on any atom is -0.478 e. The van der Waals surface area contributed by atoms with Crippen molar-refractivity contribution in [1.29, 1.82) is 0 Å². The van der Waals surface area contributed by atoms with E-state index in [1.165, 1.54) is 6.92 Å². The third kappa shape index (κ3) is 12.4. The lowest BCUT2D eigenvalue weighted by molar-refractivity contribution is -0.133. The molecule has 5 nitrogen and oxygen atoms in total. The van der Waals surface area contributed by atoms with Gasteiger partial charge in [0.05, 0.1) is 0 Å². The van der Waals surface area contributed by atoms with Gasteiger partial charge in [0.1, 0.15) is 0 Å². The normalized spacial score (nSPS) is 10.1. The summed E-state index contributed by atoms with van der Waals surface area (Å²) in [6.45, 7) is 6.74. The second-order valence-corrected chi connectivity index (χ2v) is 3.06. The second-order valence-electron chi connectivity index (χ2n) is 3.06. The first-order valence-electron chi connectivity index (χ1n) is 4.60. The monoisotopic (exact) mass is 230 g/mol. The van der Waals surface area contributed by atoms with Gasteiger partial charge < -0.3 is 14.9 Å². The minimum atomic E-state index is -0.935. The number of ether oxygens (including phenoxy) is 1. The van der Waals surface area contributed by atoms with Gasteiger partial charge >= 0.3 is 11.9 Å². The molecule has 0 aliphatic rings. The van der Waals surface area contributed by atoms with Crippen LogP contribution in [0.4, 0.5) is 0 Å². The molecule has 0 fully saturated rings. The maximum absolute atomic E-state index is 10.2.